The topological polar surface area (TPSA) is 45.0 Å². The van der Waals surface area contributed by atoms with Crippen molar-refractivity contribution < 1.29 is 4.74 Å². The molecule has 1 atom stereocenters. The van der Waals surface area contributed by atoms with Gasteiger partial charge in [-0.2, -0.15) is 5.26 Å². The third-order valence-electron chi connectivity index (χ3n) is 1.96. The minimum absolute atomic E-state index is 0.367. The average molecular weight is 427 g/mol. The molecule has 0 radical (unpaired) electrons. The Hall–Kier alpha value is -0.0900. The number of ether oxygens (including phenoxy) is 1. The highest BCUT2D eigenvalue weighted by molar-refractivity contribution is 9.11. The van der Waals surface area contributed by atoms with E-state index in [0.717, 1.165) is 19.1 Å². The van der Waals surface area contributed by atoms with Crippen LogP contribution in [0.3, 0.4) is 0 Å². The van der Waals surface area contributed by atoms with Crippen LogP contribution in [0.1, 0.15) is 6.92 Å². The van der Waals surface area contributed by atoms with Gasteiger partial charge in [0.2, 0.25) is 0 Å². The zero-order valence-corrected chi connectivity index (χ0v) is 13.9. The fourth-order valence-corrected chi connectivity index (χ4v) is 3.70. The van der Waals surface area contributed by atoms with E-state index >= 15 is 0 Å². The van der Waals surface area contributed by atoms with Gasteiger partial charge in [0.05, 0.1) is 18.4 Å². The van der Waals surface area contributed by atoms with Crippen molar-refractivity contribution in [3.63, 3.8) is 0 Å². The molecule has 0 fully saturated rings. The summed E-state index contributed by atoms with van der Waals surface area (Å²) in [6.45, 7) is 2.86. The second-order valence-electron chi connectivity index (χ2n) is 3.31. The molecule has 0 aromatic heterocycles. The van der Waals surface area contributed by atoms with Gasteiger partial charge in [0.15, 0.2) is 0 Å². The van der Waals surface area contributed by atoms with Gasteiger partial charge in [-0.05, 0) is 50.9 Å². The first kappa shape index (κ1) is 15.0. The molecule has 0 aliphatic heterocycles. The first-order valence-corrected chi connectivity index (χ1v) is 7.32. The highest BCUT2D eigenvalue weighted by Gasteiger charge is 2.06. The molecule has 1 unspecified atom stereocenters. The third-order valence-corrected chi connectivity index (χ3v) is 3.67. The standard InChI is InChI=1S/C11H11Br3N2O/c1-7(6-15)17-3-2-16-11-9(13)4-8(12)5-10(11)14/h4-5,7,16H,2-3H2,1H3. The Morgan fingerprint density at radius 3 is 2.47 bits per heavy atom. The van der Waals surface area contributed by atoms with E-state index in [1.807, 2.05) is 18.2 Å². The highest BCUT2D eigenvalue weighted by atomic mass is 79.9. The fraction of sp³-hybridized carbons (Fsp3) is 0.364. The molecule has 92 valence electrons. The summed E-state index contributed by atoms with van der Waals surface area (Å²) in [7, 11) is 0. The first-order chi connectivity index (χ1) is 8.04. The van der Waals surface area contributed by atoms with Gasteiger partial charge in [0.25, 0.3) is 0 Å². The van der Waals surface area contributed by atoms with Crippen LogP contribution in [0.2, 0.25) is 0 Å². The molecule has 6 heteroatoms. The predicted molar refractivity (Wildman–Crippen MR) is 79.1 cm³/mol. The van der Waals surface area contributed by atoms with Crippen molar-refractivity contribution >= 4 is 53.5 Å². The summed E-state index contributed by atoms with van der Waals surface area (Å²) in [5.41, 5.74) is 0.974. The first-order valence-electron chi connectivity index (χ1n) is 4.94. The van der Waals surface area contributed by atoms with Crippen LogP contribution in [0.25, 0.3) is 0 Å². The van der Waals surface area contributed by atoms with E-state index in [4.69, 9.17) is 10.00 Å². The van der Waals surface area contributed by atoms with Crippen LogP contribution in [0.15, 0.2) is 25.6 Å². The number of anilines is 1. The number of nitrogens with one attached hydrogen (secondary N) is 1. The van der Waals surface area contributed by atoms with Crippen LogP contribution in [0.4, 0.5) is 5.69 Å². The Balaban J connectivity index is 2.50. The smallest absolute Gasteiger partial charge is 0.141 e. The zero-order valence-electron chi connectivity index (χ0n) is 9.14. The van der Waals surface area contributed by atoms with Gasteiger partial charge >= 0.3 is 0 Å². The fourth-order valence-electron chi connectivity index (χ4n) is 1.16. The second-order valence-corrected chi connectivity index (χ2v) is 5.94. The summed E-state index contributed by atoms with van der Waals surface area (Å²) < 4.78 is 8.18. The Kier molecular flexibility index (Phi) is 6.49. The van der Waals surface area contributed by atoms with E-state index in [1.165, 1.54) is 0 Å². The van der Waals surface area contributed by atoms with Crippen molar-refractivity contribution in [2.75, 3.05) is 18.5 Å². The van der Waals surface area contributed by atoms with Gasteiger partial charge in [0, 0.05) is 20.0 Å². The zero-order chi connectivity index (χ0) is 12.8. The van der Waals surface area contributed by atoms with E-state index in [0.29, 0.717) is 13.2 Å². The number of hydrogen-bond acceptors (Lipinski definition) is 3. The molecule has 17 heavy (non-hydrogen) atoms. The van der Waals surface area contributed by atoms with Gasteiger partial charge in [-0.3, -0.25) is 0 Å². The Morgan fingerprint density at radius 2 is 1.94 bits per heavy atom. The molecule has 1 rings (SSSR count). The largest absolute Gasteiger partial charge is 0.381 e. The van der Waals surface area contributed by atoms with Gasteiger partial charge in [-0.25, -0.2) is 0 Å². The number of benzene rings is 1. The minimum Gasteiger partial charge on any atom is -0.381 e. The lowest BCUT2D eigenvalue weighted by Gasteiger charge is -2.12. The molecule has 3 nitrogen and oxygen atoms in total. The molecule has 0 aliphatic rings. The van der Waals surface area contributed by atoms with E-state index in [2.05, 4.69) is 53.1 Å². The van der Waals surface area contributed by atoms with Crippen LogP contribution in [-0.4, -0.2) is 19.3 Å². The normalized spacial score (nSPS) is 11.9. The van der Waals surface area contributed by atoms with Gasteiger partial charge in [-0.1, -0.05) is 15.9 Å². The Labute approximate surface area is 126 Å². The molecule has 1 aromatic rings. The van der Waals surface area contributed by atoms with Crippen LogP contribution in [0.5, 0.6) is 0 Å². The van der Waals surface area contributed by atoms with E-state index in [-0.39, 0.29) is 6.10 Å². The van der Waals surface area contributed by atoms with Gasteiger partial charge in [0.1, 0.15) is 6.10 Å². The van der Waals surface area contributed by atoms with Crippen molar-refractivity contribution in [1.29, 1.82) is 5.26 Å². The van der Waals surface area contributed by atoms with Crippen molar-refractivity contribution in [3.8, 4) is 6.07 Å². The van der Waals surface area contributed by atoms with E-state index in [1.54, 1.807) is 6.92 Å². The molecule has 0 saturated heterocycles. The number of nitrogens with zero attached hydrogens (tertiary/aromatic N) is 1. The molecule has 0 saturated carbocycles. The lowest BCUT2D eigenvalue weighted by atomic mass is 10.3. The molecule has 0 spiro atoms. The second kappa shape index (κ2) is 7.37. The molecule has 1 aromatic carbocycles. The summed E-state index contributed by atoms with van der Waals surface area (Å²) in [5, 5.41) is 11.8. The summed E-state index contributed by atoms with van der Waals surface area (Å²) in [4.78, 5) is 0. The minimum atomic E-state index is -0.367. The van der Waals surface area contributed by atoms with E-state index < -0.39 is 0 Å². The maximum absolute atomic E-state index is 8.55. The highest BCUT2D eigenvalue weighted by Crippen LogP contribution is 2.34. The van der Waals surface area contributed by atoms with Crippen molar-refractivity contribution in [2.24, 2.45) is 0 Å². The molecule has 0 heterocycles. The average Bonchev–Trinajstić information content (AvgIpc) is 2.26. The maximum atomic E-state index is 8.55. The Bertz CT molecular complexity index is 408. The summed E-state index contributed by atoms with van der Waals surface area (Å²) in [6.07, 6.45) is -0.367. The van der Waals surface area contributed by atoms with Crippen LogP contribution < -0.4 is 5.32 Å². The predicted octanol–water partition coefficient (Wildman–Crippen LogP) is 4.31. The lowest BCUT2D eigenvalue weighted by molar-refractivity contribution is 0.111. The number of halogens is 3. The lowest BCUT2D eigenvalue weighted by Crippen LogP contribution is -2.14. The van der Waals surface area contributed by atoms with Crippen molar-refractivity contribution in [1.82, 2.24) is 0 Å². The Morgan fingerprint density at radius 1 is 1.35 bits per heavy atom. The molecular weight excluding hydrogens is 416 g/mol. The summed E-state index contributed by atoms with van der Waals surface area (Å²) in [5.74, 6) is 0. The quantitative estimate of drug-likeness (QED) is 0.713. The van der Waals surface area contributed by atoms with Crippen LogP contribution in [-0.2, 0) is 4.74 Å². The molecule has 0 bridgehead atoms. The van der Waals surface area contributed by atoms with Crippen LogP contribution >= 0.6 is 47.8 Å². The van der Waals surface area contributed by atoms with Crippen molar-refractivity contribution in [2.45, 2.75) is 13.0 Å². The maximum Gasteiger partial charge on any atom is 0.141 e. The number of hydrogen-bond donors (Lipinski definition) is 1. The molecule has 1 N–H and O–H groups in total. The van der Waals surface area contributed by atoms with E-state index in [9.17, 15) is 0 Å². The van der Waals surface area contributed by atoms with Gasteiger partial charge < -0.3 is 10.1 Å². The monoisotopic (exact) mass is 424 g/mol. The van der Waals surface area contributed by atoms with Crippen LogP contribution in [0, 0.1) is 11.3 Å². The number of nitriles is 1. The summed E-state index contributed by atoms with van der Waals surface area (Å²) in [6, 6.07) is 5.95. The molecule has 0 amide bonds. The van der Waals surface area contributed by atoms with Crippen molar-refractivity contribution in [3.05, 3.63) is 25.6 Å². The SMILES string of the molecule is CC(C#N)OCCNc1c(Br)cc(Br)cc1Br. The molecular formula is C11H11Br3N2O. The third kappa shape index (κ3) is 4.96. The van der Waals surface area contributed by atoms with Gasteiger partial charge in [-0.15, -0.1) is 0 Å². The molecule has 0 aliphatic carbocycles. The summed E-state index contributed by atoms with van der Waals surface area (Å²) >= 11 is 10.4. The number of rotatable bonds is 5.